The van der Waals surface area contributed by atoms with Crippen molar-refractivity contribution >= 4 is 0 Å². The van der Waals surface area contributed by atoms with Crippen molar-refractivity contribution in [3.63, 3.8) is 0 Å². The molecule has 0 heterocycles. The van der Waals surface area contributed by atoms with Gasteiger partial charge >= 0.3 is 0 Å². The number of benzene rings is 2. The molecule has 2 aromatic carbocycles. The zero-order chi connectivity index (χ0) is 11.4. The Morgan fingerprint density at radius 3 is 2.31 bits per heavy atom. The highest BCUT2D eigenvalue weighted by atomic mass is 14.5. The lowest BCUT2D eigenvalue weighted by Gasteiger charge is -2.11. The molecule has 4 N–H and O–H groups in total. The Balaban J connectivity index is 2.58. The maximum atomic E-state index is 5.74. The molecule has 0 unspecified atom stereocenters. The lowest BCUT2D eigenvalue weighted by atomic mass is 9.95. The second-order valence-electron chi connectivity index (χ2n) is 3.65. The lowest BCUT2D eigenvalue weighted by molar-refractivity contribution is 1.05. The van der Waals surface area contributed by atoms with Crippen molar-refractivity contribution in [1.29, 1.82) is 0 Å². The van der Waals surface area contributed by atoms with Gasteiger partial charge in [0.05, 0.1) is 0 Å². The van der Waals surface area contributed by atoms with Crippen molar-refractivity contribution in [2.45, 2.75) is 13.1 Å². The first-order chi connectivity index (χ1) is 7.86. The van der Waals surface area contributed by atoms with Crippen molar-refractivity contribution in [3.05, 3.63) is 59.7 Å². The molecule has 1 radical (unpaired) electrons. The monoisotopic (exact) mass is 211 g/mol. The van der Waals surface area contributed by atoms with E-state index in [1.54, 1.807) is 0 Å². The largest absolute Gasteiger partial charge is 0.326 e. The summed E-state index contributed by atoms with van der Waals surface area (Å²) in [5.41, 5.74) is 16.0. The molecule has 2 aromatic rings. The number of hydrogen-bond acceptors (Lipinski definition) is 2. The molecule has 0 saturated carbocycles. The summed E-state index contributed by atoms with van der Waals surface area (Å²) in [6.07, 6.45) is 0. The fourth-order valence-corrected chi connectivity index (χ4v) is 1.86. The minimum Gasteiger partial charge on any atom is -0.326 e. The number of nitrogens with two attached hydrogens (primary N) is 2. The summed E-state index contributed by atoms with van der Waals surface area (Å²) in [5.74, 6) is 0. The average Bonchev–Trinajstić information content (AvgIpc) is 2.38. The van der Waals surface area contributed by atoms with Crippen LogP contribution in [0.15, 0.2) is 42.5 Å². The van der Waals surface area contributed by atoms with Gasteiger partial charge in [-0.2, -0.15) is 0 Å². The summed E-state index contributed by atoms with van der Waals surface area (Å²) in [5, 5.41) is 0. The fraction of sp³-hybridized carbons (Fsp3) is 0.143. The third-order valence-electron chi connectivity index (χ3n) is 2.70. The van der Waals surface area contributed by atoms with Crippen molar-refractivity contribution in [1.82, 2.24) is 0 Å². The molecule has 0 aliphatic carbocycles. The van der Waals surface area contributed by atoms with Gasteiger partial charge in [-0.15, -0.1) is 0 Å². The van der Waals surface area contributed by atoms with Gasteiger partial charge < -0.3 is 11.5 Å². The molecule has 2 rings (SSSR count). The highest BCUT2D eigenvalue weighted by molar-refractivity contribution is 5.70. The topological polar surface area (TPSA) is 52.0 Å². The predicted octanol–water partition coefficient (Wildman–Crippen LogP) is 2.07. The van der Waals surface area contributed by atoms with Gasteiger partial charge in [0.1, 0.15) is 0 Å². The molecule has 16 heavy (non-hydrogen) atoms. The molecular formula is C14H15N2. The first-order valence-electron chi connectivity index (χ1n) is 5.34. The van der Waals surface area contributed by atoms with E-state index in [4.69, 9.17) is 11.5 Å². The molecule has 0 aliphatic rings. The van der Waals surface area contributed by atoms with Crippen LogP contribution in [-0.4, -0.2) is 0 Å². The molecule has 0 aliphatic heterocycles. The predicted molar refractivity (Wildman–Crippen MR) is 66.5 cm³/mol. The van der Waals surface area contributed by atoms with E-state index < -0.39 is 0 Å². The normalized spacial score (nSPS) is 10.4. The standard InChI is InChI=1S/C14H15N2/c15-9-11-5-1-3-7-13(11)14-8-4-2-6-12(14)10-16/h1,3-8H,9-10,15-16H2. The van der Waals surface area contributed by atoms with Crippen molar-refractivity contribution < 1.29 is 0 Å². The Bertz CT molecular complexity index is 432. The maximum Gasteiger partial charge on any atom is 0.0184 e. The van der Waals surface area contributed by atoms with E-state index in [-0.39, 0.29) is 0 Å². The molecule has 0 fully saturated rings. The third kappa shape index (κ3) is 1.98. The Morgan fingerprint density at radius 1 is 0.875 bits per heavy atom. The quantitative estimate of drug-likeness (QED) is 0.816. The van der Waals surface area contributed by atoms with Crippen LogP contribution < -0.4 is 11.5 Å². The summed E-state index contributed by atoms with van der Waals surface area (Å²) < 4.78 is 0. The lowest BCUT2D eigenvalue weighted by Crippen LogP contribution is -2.02. The highest BCUT2D eigenvalue weighted by Gasteiger charge is 2.06. The van der Waals surface area contributed by atoms with Gasteiger partial charge in [-0.1, -0.05) is 36.4 Å². The molecule has 0 bridgehead atoms. The minimum atomic E-state index is 0.519. The molecule has 0 spiro atoms. The summed E-state index contributed by atoms with van der Waals surface area (Å²) in [4.78, 5) is 0. The van der Waals surface area contributed by atoms with Crippen molar-refractivity contribution in [2.75, 3.05) is 0 Å². The van der Waals surface area contributed by atoms with E-state index in [2.05, 4.69) is 12.1 Å². The molecular weight excluding hydrogens is 196 g/mol. The smallest absolute Gasteiger partial charge is 0.0184 e. The van der Waals surface area contributed by atoms with Gasteiger partial charge in [0.15, 0.2) is 0 Å². The number of rotatable bonds is 3. The summed E-state index contributed by atoms with van der Waals surface area (Å²) in [7, 11) is 0. The van der Waals surface area contributed by atoms with Crippen LogP contribution >= 0.6 is 0 Å². The van der Waals surface area contributed by atoms with E-state index in [0.717, 1.165) is 16.7 Å². The average molecular weight is 211 g/mol. The van der Waals surface area contributed by atoms with Crippen molar-refractivity contribution in [3.8, 4) is 11.1 Å². The Morgan fingerprint density at radius 2 is 1.56 bits per heavy atom. The van der Waals surface area contributed by atoms with Crippen molar-refractivity contribution in [2.24, 2.45) is 11.5 Å². The van der Waals surface area contributed by atoms with Crippen LogP contribution in [0, 0.1) is 6.07 Å². The molecule has 81 valence electrons. The minimum absolute atomic E-state index is 0.519. The second-order valence-corrected chi connectivity index (χ2v) is 3.65. The van der Waals surface area contributed by atoms with Crippen LogP contribution in [0.1, 0.15) is 11.1 Å². The summed E-state index contributed by atoms with van der Waals surface area (Å²) in [6, 6.07) is 17.1. The van der Waals surface area contributed by atoms with Crippen LogP contribution in [0.4, 0.5) is 0 Å². The fourth-order valence-electron chi connectivity index (χ4n) is 1.86. The Kier molecular flexibility index (Phi) is 3.34. The van der Waals surface area contributed by atoms with Gasteiger partial charge in [-0.3, -0.25) is 0 Å². The molecule has 0 aromatic heterocycles. The molecule has 2 nitrogen and oxygen atoms in total. The van der Waals surface area contributed by atoms with Gasteiger partial charge in [-0.05, 0) is 34.4 Å². The molecule has 2 heteroatoms. The van der Waals surface area contributed by atoms with Gasteiger partial charge in [-0.25, -0.2) is 0 Å². The van der Waals surface area contributed by atoms with E-state index in [1.807, 2.05) is 36.4 Å². The first-order valence-corrected chi connectivity index (χ1v) is 5.34. The van der Waals surface area contributed by atoms with E-state index in [1.165, 1.54) is 5.56 Å². The van der Waals surface area contributed by atoms with Crippen LogP contribution in [0.5, 0.6) is 0 Å². The Labute approximate surface area is 95.9 Å². The van der Waals surface area contributed by atoms with Gasteiger partial charge in [0, 0.05) is 13.1 Å². The van der Waals surface area contributed by atoms with Crippen LogP contribution in [0.2, 0.25) is 0 Å². The van der Waals surface area contributed by atoms with Gasteiger partial charge in [0.25, 0.3) is 0 Å². The zero-order valence-corrected chi connectivity index (χ0v) is 9.11. The second kappa shape index (κ2) is 4.92. The van der Waals surface area contributed by atoms with Crippen LogP contribution in [0.25, 0.3) is 11.1 Å². The summed E-state index contributed by atoms with van der Waals surface area (Å²) >= 11 is 0. The van der Waals surface area contributed by atoms with E-state index in [0.29, 0.717) is 13.1 Å². The maximum absolute atomic E-state index is 5.74. The molecule has 0 amide bonds. The van der Waals surface area contributed by atoms with Gasteiger partial charge in [0.2, 0.25) is 0 Å². The van der Waals surface area contributed by atoms with Crippen LogP contribution in [-0.2, 0) is 13.1 Å². The SMILES string of the molecule is NCc1c[c]ccc1-c1ccccc1CN. The summed E-state index contributed by atoms with van der Waals surface area (Å²) in [6.45, 7) is 1.06. The van der Waals surface area contributed by atoms with E-state index in [9.17, 15) is 0 Å². The molecule has 0 saturated heterocycles. The van der Waals surface area contributed by atoms with E-state index >= 15 is 0 Å². The van der Waals surface area contributed by atoms with Crippen LogP contribution in [0.3, 0.4) is 0 Å². The molecule has 0 atom stereocenters. The first kappa shape index (κ1) is 10.9. The highest BCUT2D eigenvalue weighted by Crippen LogP contribution is 2.26. The Hall–Kier alpha value is -1.64. The number of hydrogen-bond donors (Lipinski definition) is 2. The third-order valence-corrected chi connectivity index (χ3v) is 2.70. The zero-order valence-electron chi connectivity index (χ0n) is 9.11.